The van der Waals surface area contributed by atoms with Crippen LogP contribution < -0.4 is 0 Å². The zero-order chi connectivity index (χ0) is 8.69. The standard InChI is InChI=1S/C9H17NO/c1-4-7-10(5-2)8-6-9(3)11/h6,8H,4-5,7H2,1-3H3/b8-6+. The van der Waals surface area contributed by atoms with Gasteiger partial charge in [-0.05, 0) is 26.3 Å². The Hall–Kier alpha value is -0.790. The molecule has 0 saturated heterocycles. The van der Waals surface area contributed by atoms with Gasteiger partial charge in [-0.15, -0.1) is 0 Å². The first-order valence-corrected chi connectivity index (χ1v) is 4.13. The van der Waals surface area contributed by atoms with Gasteiger partial charge in [-0.2, -0.15) is 0 Å². The van der Waals surface area contributed by atoms with Gasteiger partial charge in [0, 0.05) is 19.3 Å². The molecule has 0 aromatic rings. The normalized spacial score (nSPS) is 10.5. The molecule has 0 aromatic carbocycles. The summed E-state index contributed by atoms with van der Waals surface area (Å²) in [7, 11) is 0. The SMILES string of the molecule is CCCN(/C=C/C(C)=O)CC. The summed E-state index contributed by atoms with van der Waals surface area (Å²) in [4.78, 5) is 12.7. The van der Waals surface area contributed by atoms with Crippen LogP contribution in [0.3, 0.4) is 0 Å². The highest BCUT2D eigenvalue weighted by atomic mass is 16.1. The number of ketones is 1. The van der Waals surface area contributed by atoms with Gasteiger partial charge in [0.2, 0.25) is 0 Å². The number of rotatable bonds is 5. The van der Waals surface area contributed by atoms with Gasteiger partial charge in [0.15, 0.2) is 5.78 Å². The topological polar surface area (TPSA) is 20.3 Å². The van der Waals surface area contributed by atoms with Crippen LogP contribution in [0.2, 0.25) is 0 Å². The van der Waals surface area contributed by atoms with Crippen LogP contribution in [0.4, 0.5) is 0 Å². The molecule has 0 radical (unpaired) electrons. The van der Waals surface area contributed by atoms with E-state index < -0.39 is 0 Å². The lowest BCUT2D eigenvalue weighted by atomic mass is 10.4. The molecule has 0 aliphatic rings. The van der Waals surface area contributed by atoms with Crippen molar-refractivity contribution in [1.29, 1.82) is 0 Å². The molecule has 0 N–H and O–H groups in total. The molecule has 0 aromatic heterocycles. The van der Waals surface area contributed by atoms with Gasteiger partial charge in [0.05, 0.1) is 0 Å². The molecular formula is C9H17NO. The molecule has 0 spiro atoms. The third kappa shape index (κ3) is 5.64. The Morgan fingerprint density at radius 1 is 1.45 bits per heavy atom. The summed E-state index contributed by atoms with van der Waals surface area (Å²) in [5.41, 5.74) is 0. The van der Waals surface area contributed by atoms with Crippen LogP contribution in [0, 0.1) is 0 Å². The van der Waals surface area contributed by atoms with Gasteiger partial charge < -0.3 is 4.90 Å². The minimum Gasteiger partial charge on any atom is -0.378 e. The van der Waals surface area contributed by atoms with Crippen molar-refractivity contribution >= 4 is 5.78 Å². The Kier molecular flexibility index (Phi) is 5.53. The van der Waals surface area contributed by atoms with E-state index in [1.807, 2.05) is 6.20 Å². The minimum absolute atomic E-state index is 0.111. The number of nitrogens with zero attached hydrogens (tertiary/aromatic N) is 1. The fraction of sp³-hybridized carbons (Fsp3) is 0.667. The average Bonchev–Trinajstić information content (AvgIpc) is 1.97. The van der Waals surface area contributed by atoms with Crippen LogP contribution in [0.15, 0.2) is 12.3 Å². The summed E-state index contributed by atoms with van der Waals surface area (Å²) in [6.07, 6.45) is 4.60. The molecule has 0 atom stereocenters. The predicted molar refractivity (Wildman–Crippen MR) is 47.4 cm³/mol. The van der Waals surface area contributed by atoms with Crippen LogP contribution >= 0.6 is 0 Å². The van der Waals surface area contributed by atoms with E-state index in [1.54, 1.807) is 13.0 Å². The van der Waals surface area contributed by atoms with Crippen molar-refractivity contribution in [2.75, 3.05) is 13.1 Å². The average molecular weight is 155 g/mol. The smallest absolute Gasteiger partial charge is 0.154 e. The highest BCUT2D eigenvalue weighted by Gasteiger charge is 1.92. The lowest BCUT2D eigenvalue weighted by Crippen LogP contribution is -2.17. The van der Waals surface area contributed by atoms with Crippen molar-refractivity contribution < 1.29 is 4.79 Å². The third-order valence-corrected chi connectivity index (χ3v) is 1.44. The van der Waals surface area contributed by atoms with E-state index in [1.165, 1.54) is 0 Å². The van der Waals surface area contributed by atoms with Crippen LogP contribution in [-0.4, -0.2) is 23.8 Å². The maximum Gasteiger partial charge on any atom is 0.154 e. The second kappa shape index (κ2) is 5.96. The van der Waals surface area contributed by atoms with E-state index in [4.69, 9.17) is 0 Å². The zero-order valence-electron chi connectivity index (χ0n) is 7.63. The second-order valence-electron chi connectivity index (χ2n) is 2.55. The van der Waals surface area contributed by atoms with E-state index in [2.05, 4.69) is 18.7 Å². The molecule has 0 rings (SSSR count). The zero-order valence-corrected chi connectivity index (χ0v) is 7.63. The monoisotopic (exact) mass is 155 g/mol. The second-order valence-corrected chi connectivity index (χ2v) is 2.55. The summed E-state index contributed by atoms with van der Waals surface area (Å²) in [6, 6.07) is 0. The molecule has 0 bridgehead atoms. The molecule has 2 nitrogen and oxygen atoms in total. The number of carbonyl (C=O) groups excluding carboxylic acids is 1. The molecule has 0 fully saturated rings. The summed E-state index contributed by atoms with van der Waals surface area (Å²) in [5.74, 6) is 0.111. The van der Waals surface area contributed by atoms with Crippen molar-refractivity contribution in [2.45, 2.75) is 27.2 Å². The number of hydrogen-bond acceptors (Lipinski definition) is 2. The quantitative estimate of drug-likeness (QED) is 0.564. The van der Waals surface area contributed by atoms with Gasteiger partial charge in [-0.3, -0.25) is 4.79 Å². The van der Waals surface area contributed by atoms with Crippen LogP contribution in [-0.2, 0) is 4.79 Å². The molecule has 2 heteroatoms. The van der Waals surface area contributed by atoms with E-state index in [-0.39, 0.29) is 5.78 Å². The Bertz CT molecular complexity index is 140. The number of carbonyl (C=O) groups is 1. The van der Waals surface area contributed by atoms with E-state index >= 15 is 0 Å². The first kappa shape index (κ1) is 10.2. The Balaban J connectivity index is 3.76. The summed E-state index contributed by atoms with van der Waals surface area (Å²) in [6.45, 7) is 7.78. The van der Waals surface area contributed by atoms with Crippen LogP contribution in [0.25, 0.3) is 0 Å². The lowest BCUT2D eigenvalue weighted by Gasteiger charge is -2.15. The number of allylic oxidation sites excluding steroid dienone is 1. The van der Waals surface area contributed by atoms with Crippen LogP contribution in [0.1, 0.15) is 27.2 Å². The highest BCUT2D eigenvalue weighted by Crippen LogP contribution is 1.91. The minimum atomic E-state index is 0.111. The predicted octanol–water partition coefficient (Wildman–Crippen LogP) is 1.82. The lowest BCUT2D eigenvalue weighted by molar-refractivity contribution is -0.112. The van der Waals surface area contributed by atoms with Gasteiger partial charge in [-0.25, -0.2) is 0 Å². The van der Waals surface area contributed by atoms with Gasteiger partial charge in [0.25, 0.3) is 0 Å². The maximum atomic E-state index is 10.6. The fourth-order valence-corrected chi connectivity index (χ4v) is 0.836. The molecule has 0 aliphatic heterocycles. The summed E-state index contributed by atoms with van der Waals surface area (Å²) >= 11 is 0. The van der Waals surface area contributed by atoms with E-state index in [0.29, 0.717) is 0 Å². The third-order valence-electron chi connectivity index (χ3n) is 1.44. The summed E-state index contributed by atoms with van der Waals surface area (Å²) in [5, 5.41) is 0. The molecule has 11 heavy (non-hydrogen) atoms. The maximum absolute atomic E-state index is 10.6. The molecule has 0 aliphatic carbocycles. The molecule has 0 saturated carbocycles. The van der Waals surface area contributed by atoms with E-state index in [9.17, 15) is 4.79 Å². The van der Waals surface area contributed by atoms with Crippen molar-refractivity contribution in [1.82, 2.24) is 4.90 Å². The molecular weight excluding hydrogens is 138 g/mol. The first-order valence-electron chi connectivity index (χ1n) is 4.13. The van der Waals surface area contributed by atoms with Crippen molar-refractivity contribution in [2.24, 2.45) is 0 Å². The Morgan fingerprint density at radius 3 is 2.45 bits per heavy atom. The highest BCUT2D eigenvalue weighted by molar-refractivity contribution is 5.87. The molecule has 0 unspecified atom stereocenters. The fourth-order valence-electron chi connectivity index (χ4n) is 0.836. The Morgan fingerprint density at radius 2 is 2.09 bits per heavy atom. The molecule has 0 heterocycles. The van der Waals surface area contributed by atoms with Crippen LogP contribution in [0.5, 0.6) is 0 Å². The number of hydrogen-bond donors (Lipinski definition) is 0. The molecule has 0 amide bonds. The van der Waals surface area contributed by atoms with Gasteiger partial charge >= 0.3 is 0 Å². The van der Waals surface area contributed by atoms with Crippen molar-refractivity contribution in [3.63, 3.8) is 0 Å². The van der Waals surface area contributed by atoms with Crippen molar-refractivity contribution in [3.8, 4) is 0 Å². The Labute approximate surface area is 68.9 Å². The molecule has 64 valence electrons. The largest absolute Gasteiger partial charge is 0.378 e. The van der Waals surface area contributed by atoms with Crippen molar-refractivity contribution in [3.05, 3.63) is 12.3 Å². The van der Waals surface area contributed by atoms with Gasteiger partial charge in [-0.1, -0.05) is 6.92 Å². The van der Waals surface area contributed by atoms with Gasteiger partial charge in [0.1, 0.15) is 0 Å². The van der Waals surface area contributed by atoms with E-state index in [0.717, 1.165) is 19.5 Å². The summed E-state index contributed by atoms with van der Waals surface area (Å²) < 4.78 is 0. The first-order chi connectivity index (χ1) is 5.20.